The van der Waals surface area contributed by atoms with Crippen LogP contribution in [0.15, 0.2) is 30.3 Å². The lowest BCUT2D eigenvalue weighted by molar-refractivity contribution is -0.121. The number of carbonyl (C=O) groups is 2. The zero-order valence-electron chi connectivity index (χ0n) is 21.6. The fourth-order valence-electron chi connectivity index (χ4n) is 6.25. The van der Waals surface area contributed by atoms with Gasteiger partial charge < -0.3 is 25.0 Å². The maximum Gasteiger partial charge on any atom is 0.320 e. The van der Waals surface area contributed by atoms with Crippen LogP contribution in [0.25, 0.3) is 0 Å². The summed E-state index contributed by atoms with van der Waals surface area (Å²) in [6.07, 6.45) is 6.41. The van der Waals surface area contributed by atoms with E-state index in [1.807, 2.05) is 9.80 Å². The first-order chi connectivity index (χ1) is 16.7. The molecule has 3 aliphatic rings. The zero-order valence-corrected chi connectivity index (χ0v) is 21.6. The summed E-state index contributed by atoms with van der Waals surface area (Å²) in [5.41, 5.74) is 0.177. The second-order valence-corrected chi connectivity index (χ2v) is 11.0. The van der Waals surface area contributed by atoms with E-state index in [1.165, 1.54) is 5.56 Å². The average molecular weight is 487 g/mol. The van der Waals surface area contributed by atoms with Gasteiger partial charge in [-0.3, -0.25) is 9.69 Å². The molecule has 194 valence electrons. The summed E-state index contributed by atoms with van der Waals surface area (Å²) >= 11 is 0. The van der Waals surface area contributed by atoms with Crippen molar-refractivity contribution >= 4 is 11.9 Å². The first kappa shape index (κ1) is 25.9. The Bertz CT molecular complexity index is 878. The summed E-state index contributed by atoms with van der Waals surface area (Å²) in [4.78, 5) is 32.0. The van der Waals surface area contributed by atoms with Crippen LogP contribution in [0.5, 0.6) is 0 Å². The number of nitrogens with zero attached hydrogens (tertiary/aromatic N) is 3. The standard InChI is InChI=1S/C27H42N4O4/c1-29(2)27(22-8-5-4-6-9-22)15-13-25(14-16-27)20-30(18-10-23(32)28-17-19-35-3)24(33)31(25)21-26(34)11-7-12-26/h4-6,8-9,34H,7,10-21H2,1-3H3,(H,28,32). The molecule has 0 aromatic heterocycles. The maximum absolute atomic E-state index is 13.6. The molecule has 2 aliphatic carbocycles. The molecule has 2 N–H and O–H groups in total. The number of aliphatic hydroxyl groups is 1. The van der Waals surface area contributed by atoms with Gasteiger partial charge in [0.15, 0.2) is 0 Å². The number of hydrogen-bond acceptors (Lipinski definition) is 5. The lowest BCUT2D eigenvalue weighted by atomic mass is 9.67. The third-order valence-corrected chi connectivity index (χ3v) is 8.71. The smallest absolute Gasteiger partial charge is 0.320 e. The van der Waals surface area contributed by atoms with E-state index in [9.17, 15) is 14.7 Å². The van der Waals surface area contributed by atoms with E-state index in [0.717, 1.165) is 44.9 Å². The van der Waals surface area contributed by atoms with Gasteiger partial charge in [-0.2, -0.15) is 0 Å². The SMILES string of the molecule is COCCNC(=O)CCN1CC2(CCC(c3ccccc3)(N(C)C)CC2)N(CC2(O)CCC2)C1=O. The Morgan fingerprint density at radius 2 is 1.80 bits per heavy atom. The predicted molar refractivity (Wildman–Crippen MR) is 135 cm³/mol. The minimum absolute atomic E-state index is 0.0351. The third kappa shape index (κ3) is 5.20. The fourth-order valence-corrected chi connectivity index (χ4v) is 6.25. The highest BCUT2D eigenvalue weighted by Gasteiger charge is 2.56. The van der Waals surface area contributed by atoms with Gasteiger partial charge in [0.25, 0.3) is 0 Å². The van der Waals surface area contributed by atoms with Crippen LogP contribution in [0.1, 0.15) is 56.9 Å². The molecule has 3 fully saturated rings. The predicted octanol–water partition coefficient (Wildman–Crippen LogP) is 2.56. The van der Waals surface area contributed by atoms with Gasteiger partial charge in [0, 0.05) is 38.7 Å². The molecule has 1 spiro atoms. The van der Waals surface area contributed by atoms with Crippen molar-refractivity contribution in [2.45, 2.75) is 68.0 Å². The first-order valence-corrected chi connectivity index (χ1v) is 13.0. The van der Waals surface area contributed by atoms with Crippen molar-refractivity contribution in [2.75, 3.05) is 54.0 Å². The quantitative estimate of drug-likeness (QED) is 0.497. The van der Waals surface area contributed by atoms with Crippen LogP contribution in [-0.2, 0) is 15.1 Å². The largest absolute Gasteiger partial charge is 0.388 e. The van der Waals surface area contributed by atoms with Crippen molar-refractivity contribution in [2.24, 2.45) is 0 Å². The highest BCUT2D eigenvalue weighted by Crippen LogP contribution is 2.50. The van der Waals surface area contributed by atoms with Crippen LogP contribution < -0.4 is 5.32 Å². The van der Waals surface area contributed by atoms with Crippen molar-refractivity contribution in [1.29, 1.82) is 0 Å². The molecule has 1 aliphatic heterocycles. The Morgan fingerprint density at radius 3 is 2.37 bits per heavy atom. The molecule has 8 nitrogen and oxygen atoms in total. The van der Waals surface area contributed by atoms with E-state index in [1.54, 1.807) is 7.11 Å². The number of carbonyl (C=O) groups excluding carboxylic acids is 2. The number of nitrogens with one attached hydrogen (secondary N) is 1. The van der Waals surface area contributed by atoms with Crippen LogP contribution in [0.2, 0.25) is 0 Å². The van der Waals surface area contributed by atoms with Crippen molar-refractivity contribution in [3.8, 4) is 0 Å². The van der Waals surface area contributed by atoms with Crippen LogP contribution >= 0.6 is 0 Å². The number of rotatable bonds is 10. The number of β-amino-alcohol motifs (C(OH)–C–C–N with tert-alkyl or cyclic N) is 1. The fraction of sp³-hybridized carbons (Fsp3) is 0.704. The molecule has 2 saturated carbocycles. The highest BCUT2D eigenvalue weighted by atomic mass is 16.5. The van der Waals surface area contributed by atoms with Gasteiger partial charge in [0.2, 0.25) is 5.91 Å². The summed E-state index contributed by atoms with van der Waals surface area (Å²) in [6, 6.07) is 10.6. The summed E-state index contributed by atoms with van der Waals surface area (Å²) in [6.45, 7) is 2.34. The van der Waals surface area contributed by atoms with Gasteiger partial charge in [-0.25, -0.2) is 4.79 Å². The Balaban J connectivity index is 1.50. The van der Waals surface area contributed by atoms with Gasteiger partial charge in [-0.05, 0) is 64.6 Å². The number of urea groups is 1. The lowest BCUT2D eigenvalue weighted by Gasteiger charge is -2.52. The topological polar surface area (TPSA) is 85.3 Å². The summed E-state index contributed by atoms with van der Waals surface area (Å²) in [5, 5.41) is 13.8. The van der Waals surface area contributed by atoms with Crippen LogP contribution in [0.4, 0.5) is 4.79 Å². The van der Waals surface area contributed by atoms with Crippen LogP contribution in [-0.4, -0.2) is 96.9 Å². The van der Waals surface area contributed by atoms with Crippen molar-refractivity contribution in [1.82, 2.24) is 20.0 Å². The molecule has 8 heteroatoms. The number of benzene rings is 1. The van der Waals surface area contributed by atoms with Gasteiger partial charge >= 0.3 is 6.03 Å². The minimum atomic E-state index is -0.772. The molecular formula is C27H42N4O4. The molecule has 1 heterocycles. The van der Waals surface area contributed by atoms with Crippen LogP contribution in [0.3, 0.4) is 0 Å². The lowest BCUT2D eigenvalue weighted by Crippen LogP contribution is -2.59. The first-order valence-electron chi connectivity index (χ1n) is 13.0. The van der Waals surface area contributed by atoms with Crippen LogP contribution in [0, 0.1) is 0 Å². The average Bonchev–Trinajstić information content (AvgIpc) is 3.08. The second-order valence-electron chi connectivity index (χ2n) is 11.0. The monoisotopic (exact) mass is 486 g/mol. The van der Waals surface area contributed by atoms with E-state index < -0.39 is 5.60 Å². The molecule has 3 amide bonds. The van der Waals surface area contributed by atoms with Crippen molar-refractivity contribution in [3.05, 3.63) is 35.9 Å². The molecule has 35 heavy (non-hydrogen) atoms. The van der Waals surface area contributed by atoms with E-state index in [4.69, 9.17) is 4.74 Å². The molecule has 0 bridgehead atoms. The summed E-state index contributed by atoms with van der Waals surface area (Å²) < 4.78 is 4.99. The Kier molecular flexibility index (Phi) is 7.74. The second kappa shape index (κ2) is 10.4. The van der Waals surface area contributed by atoms with Gasteiger partial charge in [0.1, 0.15) is 0 Å². The van der Waals surface area contributed by atoms with Crippen molar-refractivity contribution < 1.29 is 19.4 Å². The van der Waals surface area contributed by atoms with Gasteiger partial charge in [0.05, 0.1) is 24.3 Å². The summed E-state index contributed by atoms with van der Waals surface area (Å²) in [7, 11) is 5.90. The van der Waals surface area contributed by atoms with E-state index in [-0.39, 0.29) is 29.4 Å². The zero-order chi connectivity index (χ0) is 25.1. The van der Waals surface area contributed by atoms with E-state index >= 15 is 0 Å². The Morgan fingerprint density at radius 1 is 1.11 bits per heavy atom. The van der Waals surface area contributed by atoms with Gasteiger partial charge in [-0.15, -0.1) is 0 Å². The normalized spacial score (nSPS) is 28.0. The van der Waals surface area contributed by atoms with Crippen molar-refractivity contribution in [3.63, 3.8) is 0 Å². The summed E-state index contributed by atoms with van der Waals surface area (Å²) in [5.74, 6) is -0.0701. The molecule has 1 aromatic carbocycles. The molecule has 0 atom stereocenters. The molecular weight excluding hydrogens is 444 g/mol. The van der Waals surface area contributed by atoms with E-state index in [2.05, 4.69) is 54.6 Å². The number of hydrogen-bond donors (Lipinski definition) is 2. The molecule has 0 radical (unpaired) electrons. The minimum Gasteiger partial charge on any atom is -0.388 e. The van der Waals surface area contributed by atoms with Gasteiger partial charge in [-0.1, -0.05) is 30.3 Å². The Hall–Kier alpha value is -2.16. The maximum atomic E-state index is 13.6. The molecule has 1 aromatic rings. The van der Waals surface area contributed by atoms with E-state index in [0.29, 0.717) is 32.8 Å². The molecule has 0 unspecified atom stereocenters. The number of methoxy groups -OCH3 is 1. The Labute approximate surface area is 209 Å². The third-order valence-electron chi connectivity index (χ3n) is 8.71. The highest BCUT2D eigenvalue weighted by molar-refractivity contribution is 5.80. The molecule has 1 saturated heterocycles. The molecule has 4 rings (SSSR count). The number of ether oxygens (including phenoxy) is 1. The number of amides is 3.